The summed E-state index contributed by atoms with van der Waals surface area (Å²) in [4.78, 5) is 0. The Morgan fingerprint density at radius 1 is 1.38 bits per heavy atom. The Morgan fingerprint density at radius 3 is 2.67 bits per heavy atom. The molecule has 1 aliphatic heterocycles. The Balaban J connectivity index is 2.27. The highest BCUT2D eigenvalue weighted by molar-refractivity contribution is 5.46. The Hall–Kier alpha value is -1.57. The van der Waals surface area contributed by atoms with Crippen molar-refractivity contribution in [1.29, 1.82) is 0 Å². The summed E-state index contributed by atoms with van der Waals surface area (Å²) in [5.74, 6) is 5.37. The van der Waals surface area contributed by atoms with E-state index in [1.807, 2.05) is 27.7 Å². The third-order valence-electron chi connectivity index (χ3n) is 3.50. The van der Waals surface area contributed by atoms with Gasteiger partial charge >= 0.3 is 0 Å². The highest BCUT2D eigenvalue weighted by Gasteiger charge is 2.47. The molecule has 1 fully saturated rings. The smallest absolute Gasteiger partial charge is 0.135 e. The summed E-state index contributed by atoms with van der Waals surface area (Å²) in [5, 5.41) is 8.80. The van der Waals surface area contributed by atoms with E-state index in [1.165, 1.54) is 12.1 Å². The van der Waals surface area contributed by atoms with Gasteiger partial charge in [0.25, 0.3) is 0 Å². The third kappa shape index (κ3) is 3.75. The molecule has 0 amide bonds. The molecule has 0 radical (unpaired) electrons. The molecule has 0 spiro atoms. The summed E-state index contributed by atoms with van der Waals surface area (Å²) in [6.07, 6.45) is 0.595. The SMILES string of the molecule is CC1(C)CC(Oc2ccc(F)cc2C#CCO)C(C)(C)O1. The van der Waals surface area contributed by atoms with Crippen LogP contribution in [-0.2, 0) is 4.74 Å². The van der Waals surface area contributed by atoms with Gasteiger partial charge in [0.15, 0.2) is 0 Å². The van der Waals surface area contributed by atoms with Gasteiger partial charge in [-0.05, 0) is 45.9 Å². The molecule has 1 aromatic carbocycles. The van der Waals surface area contributed by atoms with Gasteiger partial charge in [-0.2, -0.15) is 0 Å². The third-order valence-corrected chi connectivity index (χ3v) is 3.50. The summed E-state index contributed by atoms with van der Waals surface area (Å²) in [5.41, 5.74) is -0.255. The van der Waals surface area contributed by atoms with Gasteiger partial charge in [-0.1, -0.05) is 11.8 Å². The molecular weight excluding hydrogens is 271 g/mol. The first kappa shape index (κ1) is 15.8. The minimum Gasteiger partial charge on any atom is -0.486 e. The topological polar surface area (TPSA) is 38.7 Å². The fourth-order valence-electron chi connectivity index (χ4n) is 2.69. The minimum atomic E-state index is -0.431. The first-order valence-corrected chi connectivity index (χ1v) is 7.00. The van der Waals surface area contributed by atoms with E-state index < -0.39 is 5.60 Å². The van der Waals surface area contributed by atoms with Crippen LogP contribution in [0, 0.1) is 17.7 Å². The summed E-state index contributed by atoms with van der Waals surface area (Å²) >= 11 is 0. The number of hydrogen-bond donors (Lipinski definition) is 1. The molecular formula is C17H21FO3. The van der Waals surface area contributed by atoms with E-state index in [-0.39, 0.29) is 24.1 Å². The van der Waals surface area contributed by atoms with Crippen molar-refractivity contribution in [3.05, 3.63) is 29.6 Å². The van der Waals surface area contributed by atoms with Crippen LogP contribution in [-0.4, -0.2) is 29.0 Å². The van der Waals surface area contributed by atoms with Crippen LogP contribution in [0.15, 0.2) is 18.2 Å². The lowest BCUT2D eigenvalue weighted by Crippen LogP contribution is -2.36. The zero-order chi connectivity index (χ0) is 15.7. The maximum absolute atomic E-state index is 13.4. The molecule has 1 atom stereocenters. The van der Waals surface area contributed by atoms with Crippen LogP contribution in [0.3, 0.4) is 0 Å². The van der Waals surface area contributed by atoms with Crippen molar-refractivity contribution in [2.24, 2.45) is 0 Å². The largest absolute Gasteiger partial charge is 0.486 e. The van der Waals surface area contributed by atoms with Crippen molar-refractivity contribution >= 4 is 0 Å². The van der Waals surface area contributed by atoms with Crippen molar-refractivity contribution < 1.29 is 19.0 Å². The fraction of sp³-hybridized carbons (Fsp3) is 0.529. The highest BCUT2D eigenvalue weighted by Crippen LogP contribution is 2.40. The molecule has 114 valence electrons. The van der Waals surface area contributed by atoms with Crippen LogP contribution in [0.2, 0.25) is 0 Å². The normalized spacial score (nSPS) is 22.5. The first-order chi connectivity index (χ1) is 9.73. The van der Waals surface area contributed by atoms with E-state index >= 15 is 0 Å². The highest BCUT2D eigenvalue weighted by atomic mass is 19.1. The number of hydrogen-bond acceptors (Lipinski definition) is 3. The van der Waals surface area contributed by atoms with Gasteiger partial charge in [-0.3, -0.25) is 0 Å². The second kappa shape index (κ2) is 5.67. The van der Waals surface area contributed by atoms with Gasteiger partial charge in [-0.25, -0.2) is 4.39 Å². The number of aliphatic hydroxyl groups excluding tert-OH is 1. The molecule has 2 rings (SSSR count). The lowest BCUT2D eigenvalue weighted by molar-refractivity contribution is -0.0846. The van der Waals surface area contributed by atoms with E-state index in [9.17, 15) is 4.39 Å². The monoisotopic (exact) mass is 292 g/mol. The van der Waals surface area contributed by atoms with Crippen LogP contribution >= 0.6 is 0 Å². The second-order valence-corrected chi connectivity index (χ2v) is 6.38. The number of rotatable bonds is 2. The van der Waals surface area contributed by atoms with Crippen molar-refractivity contribution in [3.63, 3.8) is 0 Å². The van der Waals surface area contributed by atoms with E-state index in [0.717, 1.165) is 6.42 Å². The Labute approximate surface area is 125 Å². The van der Waals surface area contributed by atoms with Crippen molar-refractivity contribution in [3.8, 4) is 17.6 Å². The number of aliphatic hydroxyl groups is 1. The molecule has 0 bridgehead atoms. The predicted octanol–water partition coefficient (Wildman–Crippen LogP) is 2.89. The molecule has 1 unspecified atom stereocenters. The lowest BCUT2D eigenvalue weighted by Gasteiger charge is -2.27. The average Bonchev–Trinajstić information content (AvgIpc) is 2.57. The first-order valence-electron chi connectivity index (χ1n) is 7.00. The van der Waals surface area contributed by atoms with E-state index in [0.29, 0.717) is 11.3 Å². The molecule has 4 heteroatoms. The van der Waals surface area contributed by atoms with Gasteiger partial charge in [0, 0.05) is 6.42 Å². The summed E-state index contributed by atoms with van der Waals surface area (Å²) in [7, 11) is 0. The molecule has 0 aliphatic carbocycles. The van der Waals surface area contributed by atoms with Gasteiger partial charge in [-0.15, -0.1) is 0 Å². The molecule has 1 heterocycles. The lowest BCUT2D eigenvalue weighted by atomic mass is 9.97. The van der Waals surface area contributed by atoms with Crippen LogP contribution in [0.4, 0.5) is 4.39 Å². The Morgan fingerprint density at radius 2 is 2.10 bits per heavy atom. The molecule has 1 aromatic rings. The number of halogens is 1. The van der Waals surface area contributed by atoms with Gasteiger partial charge in [0.05, 0.1) is 11.2 Å². The summed E-state index contributed by atoms with van der Waals surface area (Å²) < 4.78 is 25.4. The quantitative estimate of drug-likeness (QED) is 0.852. The standard InChI is InChI=1S/C17H21FO3/c1-16(2)11-15(17(3,4)21-16)20-14-8-7-13(18)10-12(14)6-5-9-19/h7-8,10,15,19H,9,11H2,1-4H3. The van der Waals surface area contributed by atoms with Gasteiger partial charge in [0.2, 0.25) is 0 Å². The van der Waals surface area contributed by atoms with Crippen LogP contribution in [0.5, 0.6) is 5.75 Å². The molecule has 3 nitrogen and oxygen atoms in total. The molecule has 1 aliphatic rings. The van der Waals surface area contributed by atoms with E-state index in [1.54, 1.807) is 6.07 Å². The zero-order valence-corrected chi connectivity index (χ0v) is 12.9. The maximum atomic E-state index is 13.4. The van der Waals surface area contributed by atoms with E-state index in [4.69, 9.17) is 14.6 Å². The molecule has 1 saturated heterocycles. The number of ether oxygens (including phenoxy) is 2. The van der Waals surface area contributed by atoms with Gasteiger partial charge < -0.3 is 14.6 Å². The van der Waals surface area contributed by atoms with E-state index in [2.05, 4.69) is 11.8 Å². The molecule has 1 N–H and O–H groups in total. The minimum absolute atomic E-state index is 0.146. The number of benzene rings is 1. The second-order valence-electron chi connectivity index (χ2n) is 6.38. The van der Waals surface area contributed by atoms with Crippen LogP contribution < -0.4 is 4.74 Å². The van der Waals surface area contributed by atoms with Gasteiger partial charge in [0.1, 0.15) is 29.9 Å². The average molecular weight is 292 g/mol. The van der Waals surface area contributed by atoms with Crippen molar-refractivity contribution in [2.45, 2.75) is 51.4 Å². The maximum Gasteiger partial charge on any atom is 0.135 e. The van der Waals surface area contributed by atoms with Crippen LogP contribution in [0.1, 0.15) is 39.7 Å². The Bertz CT molecular complexity index is 581. The van der Waals surface area contributed by atoms with Crippen LogP contribution in [0.25, 0.3) is 0 Å². The molecule has 0 saturated carbocycles. The van der Waals surface area contributed by atoms with Crippen molar-refractivity contribution in [2.75, 3.05) is 6.61 Å². The molecule has 21 heavy (non-hydrogen) atoms. The Kier molecular flexibility index (Phi) is 4.27. The summed E-state index contributed by atoms with van der Waals surface area (Å²) in [6.45, 7) is 7.73. The zero-order valence-electron chi connectivity index (χ0n) is 12.9. The molecule has 0 aromatic heterocycles. The summed E-state index contributed by atoms with van der Waals surface area (Å²) in [6, 6.07) is 4.22. The van der Waals surface area contributed by atoms with Crippen molar-refractivity contribution in [1.82, 2.24) is 0 Å². The fourth-order valence-corrected chi connectivity index (χ4v) is 2.69. The predicted molar refractivity (Wildman–Crippen MR) is 78.6 cm³/mol.